The third kappa shape index (κ3) is 9.76. The van der Waals surface area contributed by atoms with Crippen LogP contribution in [0.25, 0.3) is 0 Å². The molecule has 0 saturated carbocycles. The molecule has 1 heterocycles. The summed E-state index contributed by atoms with van der Waals surface area (Å²) in [6.07, 6.45) is 0.437. The molecule has 120 valence electrons. The average molecular weight is 359 g/mol. The van der Waals surface area contributed by atoms with Crippen molar-refractivity contribution >= 4 is 60.4 Å². The zero-order valence-electron chi connectivity index (χ0n) is 10.8. The summed E-state index contributed by atoms with van der Waals surface area (Å²) < 4.78 is 4.77. The number of hydrogen-bond donors (Lipinski definition) is 4. The molecule has 0 bridgehead atoms. The molecule has 0 saturated heterocycles. The monoisotopic (exact) mass is 358 g/mol. The number of halogens is 2. The summed E-state index contributed by atoms with van der Waals surface area (Å²) in [6, 6.07) is -0.798. The van der Waals surface area contributed by atoms with Gasteiger partial charge in [0.1, 0.15) is 5.84 Å². The molecular formula is C8H16Cl2N8O2S. The molecule has 1 aromatic rings. The highest BCUT2D eigenvalue weighted by atomic mass is 35.5. The van der Waals surface area contributed by atoms with E-state index in [0.29, 0.717) is 23.8 Å². The van der Waals surface area contributed by atoms with Gasteiger partial charge in [0.25, 0.3) is 0 Å². The first-order chi connectivity index (χ1) is 8.97. The maximum atomic E-state index is 10.4. The van der Waals surface area contributed by atoms with E-state index in [0.717, 1.165) is 0 Å². The van der Waals surface area contributed by atoms with Gasteiger partial charge in [0.2, 0.25) is 0 Å². The van der Waals surface area contributed by atoms with E-state index in [2.05, 4.69) is 20.1 Å². The van der Waals surface area contributed by atoms with Gasteiger partial charge in [-0.2, -0.15) is 26.7 Å². The number of nitrogens with zero attached hydrogens (tertiary/aromatic N) is 4. The molecule has 0 aliphatic heterocycles. The second-order valence-electron chi connectivity index (χ2n) is 3.27. The number of carbonyl (C=O) groups is 1. The predicted octanol–water partition coefficient (Wildman–Crippen LogP) is -0.123. The standard InChI is InChI=1S/C8H14N8O2S.2ClH/c9-4(13-7(12)17)1-2-19-3-5-14-8(18-16-5)15-6(10)11;;/h1-3H2,(H4,9,12,13,17)(H4,10,11,14,15,16);2*1H. The van der Waals surface area contributed by atoms with Gasteiger partial charge >= 0.3 is 12.0 Å². The third-order valence-corrected chi connectivity index (χ3v) is 2.62. The van der Waals surface area contributed by atoms with E-state index in [1.165, 1.54) is 11.8 Å². The number of primary amides is 1. The van der Waals surface area contributed by atoms with Crippen molar-refractivity contribution in [1.82, 2.24) is 10.1 Å². The van der Waals surface area contributed by atoms with E-state index in [1.807, 2.05) is 0 Å². The minimum atomic E-state index is -0.803. The predicted molar refractivity (Wildman–Crippen MR) is 86.2 cm³/mol. The number of thioether (sulfide) groups is 1. The Morgan fingerprint density at radius 3 is 2.48 bits per heavy atom. The van der Waals surface area contributed by atoms with Crippen molar-refractivity contribution in [3.8, 4) is 0 Å². The van der Waals surface area contributed by atoms with Gasteiger partial charge in [0, 0.05) is 12.2 Å². The van der Waals surface area contributed by atoms with Gasteiger partial charge in [-0.25, -0.2) is 4.79 Å². The van der Waals surface area contributed by atoms with Gasteiger partial charge in [-0.05, 0) is 0 Å². The van der Waals surface area contributed by atoms with E-state index in [4.69, 9.17) is 27.5 Å². The molecule has 2 amide bonds. The highest BCUT2D eigenvalue weighted by Crippen LogP contribution is 2.13. The number of carbonyl (C=O) groups excluding carboxylic acids is 1. The van der Waals surface area contributed by atoms with Crippen molar-refractivity contribution in [2.24, 2.45) is 32.9 Å². The van der Waals surface area contributed by atoms with Crippen LogP contribution in [0.2, 0.25) is 0 Å². The Labute approximate surface area is 137 Å². The summed E-state index contributed by atoms with van der Waals surface area (Å²) in [5.41, 5.74) is 20.6. The lowest BCUT2D eigenvalue weighted by Crippen LogP contribution is -2.21. The van der Waals surface area contributed by atoms with Crippen molar-refractivity contribution in [3.05, 3.63) is 5.82 Å². The molecule has 13 heteroatoms. The fourth-order valence-corrected chi connectivity index (χ4v) is 1.79. The van der Waals surface area contributed by atoms with Crippen LogP contribution in [0.5, 0.6) is 0 Å². The first kappa shape index (κ1) is 21.6. The van der Waals surface area contributed by atoms with Crippen LogP contribution >= 0.6 is 36.6 Å². The SMILES string of the molecule is Cl.Cl.NC(=O)/N=C(\N)CCSCc1noc(N=C(N)N)n1. The van der Waals surface area contributed by atoms with Gasteiger partial charge in [0.05, 0.1) is 5.75 Å². The van der Waals surface area contributed by atoms with Crippen molar-refractivity contribution in [2.75, 3.05) is 5.75 Å². The molecule has 0 aliphatic rings. The molecule has 1 rings (SSSR count). The summed E-state index contributed by atoms with van der Waals surface area (Å²) in [4.78, 5) is 21.4. The van der Waals surface area contributed by atoms with Crippen LogP contribution in [0.1, 0.15) is 12.2 Å². The Balaban J connectivity index is 0. The molecule has 0 aromatic carbocycles. The molecule has 10 nitrogen and oxygen atoms in total. The topological polar surface area (TPSA) is 185 Å². The van der Waals surface area contributed by atoms with Gasteiger partial charge in [-0.15, -0.1) is 24.8 Å². The molecule has 0 atom stereocenters. The summed E-state index contributed by atoms with van der Waals surface area (Å²) in [6.45, 7) is 0. The van der Waals surface area contributed by atoms with Crippen LogP contribution in [-0.4, -0.2) is 33.7 Å². The largest absolute Gasteiger partial charge is 0.387 e. The fourth-order valence-electron chi connectivity index (χ4n) is 0.997. The lowest BCUT2D eigenvalue weighted by Gasteiger charge is -1.98. The van der Waals surface area contributed by atoms with Gasteiger partial charge < -0.3 is 27.5 Å². The summed E-state index contributed by atoms with van der Waals surface area (Å²) in [7, 11) is 0. The highest BCUT2D eigenvalue weighted by Gasteiger charge is 2.05. The minimum absolute atomic E-state index is 0. The van der Waals surface area contributed by atoms with E-state index in [9.17, 15) is 4.79 Å². The Morgan fingerprint density at radius 2 is 1.90 bits per heavy atom. The maximum Gasteiger partial charge on any atom is 0.350 e. The van der Waals surface area contributed by atoms with Gasteiger partial charge in [0.15, 0.2) is 11.8 Å². The van der Waals surface area contributed by atoms with Crippen molar-refractivity contribution in [2.45, 2.75) is 12.2 Å². The number of amidine groups is 1. The van der Waals surface area contributed by atoms with Crippen LogP contribution in [0.15, 0.2) is 14.5 Å². The first-order valence-electron chi connectivity index (χ1n) is 5.10. The zero-order chi connectivity index (χ0) is 14.3. The molecular weight excluding hydrogens is 343 g/mol. The highest BCUT2D eigenvalue weighted by molar-refractivity contribution is 7.98. The molecule has 1 aromatic heterocycles. The van der Waals surface area contributed by atoms with Gasteiger partial charge in [-0.1, -0.05) is 5.16 Å². The molecule has 0 fully saturated rings. The normalized spacial score (nSPS) is 10.2. The number of rotatable bonds is 6. The van der Waals surface area contributed by atoms with Crippen LogP contribution in [0, 0.1) is 0 Å². The maximum absolute atomic E-state index is 10.4. The number of amides is 2. The van der Waals surface area contributed by atoms with Crippen molar-refractivity contribution in [1.29, 1.82) is 0 Å². The average Bonchev–Trinajstić information content (AvgIpc) is 2.70. The van der Waals surface area contributed by atoms with E-state index >= 15 is 0 Å². The van der Waals surface area contributed by atoms with Crippen molar-refractivity contribution in [3.63, 3.8) is 0 Å². The Hall–Kier alpha value is -1.72. The lowest BCUT2D eigenvalue weighted by molar-refractivity contribution is 0.256. The molecule has 0 spiro atoms. The number of nitrogens with two attached hydrogens (primary N) is 4. The third-order valence-electron chi connectivity index (χ3n) is 1.67. The quantitative estimate of drug-likeness (QED) is 0.307. The minimum Gasteiger partial charge on any atom is -0.387 e. The van der Waals surface area contributed by atoms with Crippen LogP contribution in [0.4, 0.5) is 10.8 Å². The van der Waals surface area contributed by atoms with Crippen LogP contribution in [0.3, 0.4) is 0 Å². The lowest BCUT2D eigenvalue weighted by atomic mass is 10.4. The fraction of sp³-hybridized carbons (Fsp3) is 0.375. The second-order valence-corrected chi connectivity index (χ2v) is 4.38. The van der Waals surface area contributed by atoms with E-state index in [-0.39, 0.29) is 42.6 Å². The molecule has 0 unspecified atom stereocenters. The number of guanidine groups is 1. The summed E-state index contributed by atoms with van der Waals surface area (Å²) >= 11 is 1.49. The number of hydrogen-bond acceptors (Lipinski definition) is 6. The first-order valence-corrected chi connectivity index (χ1v) is 6.25. The Bertz CT molecular complexity index is 502. The molecule has 21 heavy (non-hydrogen) atoms. The van der Waals surface area contributed by atoms with E-state index < -0.39 is 6.03 Å². The number of urea groups is 1. The molecule has 8 N–H and O–H groups in total. The Morgan fingerprint density at radius 1 is 1.24 bits per heavy atom. The smallest absolute Gasteiger partial charge is 0.350 e. The summed E-state index contributed by atoms with van der Waals surface area (Å²) in [5.74, 6) is 1.62. The molecule has 0 radical (unpaired) electrons. The van der Waals surface area contributed by atoms with Crippen LogP contribution in [-0.2, 0) is 5.75 Å². The number of aliphatic imine (C=N–C) groups is 2. The zero-order valence-corrected chi connectivity index (χ0v) is 13.2. The number of aromatic nitrogens is 2. The van der Waals surface area contributed by atoms with Crippen molar-refractivity contribution < 1.29 is 9.32 Å². The molecule has 0 aliphatic carbocycles. The van der Waals surface area contributed by atoms with Gasteiger partial charge in [-0.3, -0.25) is 0 Å². The van der Waals surface area contributed by atoms with E-state index in [1.54, 1.807) is 0 Å². The summed E-state index contributed by atoms with van der Waals surface area (Å²) in [5, 5.41) is 3.67. The van der Waals surface area contributed by atoms with Crippen LogP contribution < -0.4 is 22.9 Å². The Kier molecular flexibility index (Phi) is 11.3. The second kappa shape index (κ2) is 11.0.